The van der Waals surface area contributed by atoms with E-state index in [0.717, 1.165) is 4.47 Å². The zero-order valence-corrected chi connectivity index (χ0v) is 12.8. The highest BCUT2D eigenvalue weighted by Crippen LogP contribution is 2.21. The Bertz CT molecular complexity index is 688. The van der Waals surface area contributed by atoms with Gasteiger partial charge in [-0.2, -0.15) is 5.10 Å². The molecule has 1 heterocycles. The van der Waals surface area contributed by atoms with Crippen molar-refractivity contribution >= 4 is 33.9 Å². The molecule has 1 amide bonds. The fraction of sp³-hybridized carbons (Fsp3) is 0.167. The maximum Gasteiger partial charge on any atom is 0.297 e. The minimum atomic E-state index is -0.650. The second kappa shape index (κ2) is 7.52. The number of hydrogen-bond acceptors (Lipinski definition) is 8. The van der Waals surface area contributed by atoms with Gasteiger partial charge in [-0.05, 0) is 28.5 Å². The van der Waals surface area contributed by atoms with E-state index in [2.05, 4.69) is 41.4 Å². The van der Waals surface area contributed by atoms with E-state index in [4.69, 9.17) is 15.6 Å². The zero-order chi connectivity index (χ0) is 15.9. The van der Waals surface area contributed by atoms with Crippen LogP contribution in [0.15, 0.2) is 32.4 Å². The zero-order valence-electron chi connectivity index (χ0n) is 11.2. The molecular formula is C12H12BrN5O4. The molecule has 116 valence electrons. The number of rotatable bonds is 6. The molecule has 10 heteroatoms. The van der Waals surface area contributed by atoms with Crippen LogP contribution in [0.5, 0.6) is 5.75 Å². The van der Waals surface area contributed by atoms with E-state index in [1.807, 2.05) is 0 Å². The third kappa shape index (κ3) is 4.02. The normalized spacial score (nSPS) is 10.8. The second-order valence-electron chi connectivity index (χ2n) is 3.95. The Hall–Kier alpha value is -2.46. The molecule has 2 rings (SSSR count). The first-order valence-corrected chi connectivity index (χ1v) is 6.85. The Labute approximate surface area is 133 Å². The number of halogens is 1. The van der Waals surface area contributed by atoms with Crippen LogP contribution in [0, 0.1) is 0 Å². The van der Waals surface area contributed by atoms with Gasteiger partial charge in [-0.15, -0.1) is 0 Å². The van der Waals surface area contributed by atoms with Crippen LogP contribution >= 0.6 is 15.9 Å². The Kier molecular flexibility index (Phi) is 5.44. The lowest BCUT2D eigenvalue weighted by atomic mass is 10.2. The van der Waals surface area contributed by atoms with Gasteiger partial charge in [0, 0.05) is 10.0 Å². The number of nitrogens with one attached hydrogen (secondary N) is 1. The number of aliphatic hydroxyl groups is 1. The summed E-state index contributed by atoms with van der Waals surface area (Å²) in [6.45, 7) is 0.0395. The molecule has 0 aliphatic rings. The van der Waals surface area contributed by atoms with E-state index in [-0.39, 0.29) is 24.7 Å². The predicted molar refractivity (Wildman–Crippen MR) is 80.5 cm³/mol. The average Bonchev–Trinajstić information content (AvgIpc) is 2.92. The van der Waals surface area contributed by atoms with Crippen LogP contribution in [-0.4, -0.2) is 40.8 Å². The quantitative estimate of drug-likeness (QED) is 0.499. The summed E-state index contributed by atoms with van der Waals surface area (Å²) in [5, 5.41) is 19.2. The molecule has 0 atom stereocenters. The molecular weight excluding hydrogens is 358 g/mol. The van der Waals surface area contributed by atoms with Crippen molar-refractivity contribution in [3.63, 3.8) is 0 Å². The van der Waals surface area contributed by atoms with Gasteiger partial charge in [0.2, 0.25) is 11.5 Å². The number of amides is 1. The van der Waals surface area contributed by atoms with Crippen molar-refractivity contribution in [2.75, 3.05) is 18.9 Å². The van der Waals surface area contributed by atoms with Gasteiger partial charge in [-0.1, -0.05) is 15.9 Å². The molecule has 9 nitrogen and oxygen atoms in total. The van der Waals surface area contributed by atoms with E-state index >= 15 is 0 Å². The van der Waals surface area contributed by atoms with Crippen molar-refractivity contribution in [2.24, 2.45) is 5.10 Å². The smallest absolute Gasteiger partial charge is 0.297 e. The molecule has 0 aliphatic heterocycles. The Morgan fingerprint density at radius 2 is 2.36 bits per heavy atom. The number of nitrogen functional groups attached to an aromatic ring is 1. The van der Waals surface area contributed by atoms with Crippen LogP contribution < -0.4 is 15.9 Å². The molecule has 0 bridgehead atoms. The second-order valence-corrected chi connectivity index (χ2v) is 4.87. The topological polar surface area (TPSA) is 136 Å². The van der Waals surface area contributed by atoms with Gasteiger partial charge in [-0.3, -0.25) is 4.79 Å². The van der Waals surface area contributed by atoms with Gasteiger partial charge in [0.1, 0.15) is 12.4 Å². The summed E-state index contributed by atoms with van der Waals surface area (Å²) < 4.78 is 10.5. The highest BCUT2D eigenvalue weighted by atomic mass is 79.9. The third-order valence-corrected chi connectivity index (χ3v) is 2.91. The first-order valence-electron chi connectivity index (χ1n) is 6.06. The minimum absolute atomic E-state index is 0.109. The Balaban J connectivity index is 2.07. The standard InChI is InChI=1S/C12H12BrN5O4/c13-8-1-2-9(21-4-3-19)7(5-8)6-15-16-12(20)10-11(14)18-22-17-10/h1-2,5-6,19H,3-4H2,(H2,14,18)(H,16,20)/b15-6-. The number of carbonyl (C=O) groups excluding carboxylic acids is 1. The number of anilines is 1. The van der Waals surface area contributed by atoms with E-state index < -0.39 is 5.91 Å². The molecule has 0 unspecified atom stereocenters. The van der Waals surface area contributed by atoms with Crippen molar-refractivity contribution in [3.8, 4) is 5.75 Å². The van der Waals surface area contributed by atoms with Crippen LogP contribution in [0.3, 0.4) is 0 Å². The number of nitrogens with zero attached hydrogens (tertiary/aromatic N) is 3. The molecule has 1 aromatic heterocycles. The lowest BCUT2D eigenvalue weighted by molar-refractivity contribution is 0.0946. The van der Waals surface area contributed by atoms with Crippen molar-refractivity contribution < 1.29 is 19.3 Å². The molecule has 2 aromatic rings. The monoisotopic (exact) mass is 369 g/mol. The number of benzene rings is 1. The molecule has 0 saturated heterocycles. The van der Waals surface area contributed by atoms with Crippen LogP contribution in [-0.2, 0) is 0 Å². The lowest BCUT2D eigenvalue weighted by Crippen LogP contribution is -2.19. The molecule has 0 radical (unpaired) electrons. The summed E-state index contributed by atoms with van der Waals surface area (Å²) in [4.78, 5) is 11.7. The lowest BCUT2D eigenvalue weighted by Gasteiger charge is -2.07. The maximum atomic E-state index is 11.7. The first-order chi connectivity index (χ1) is 10.6. The van der Waals surface area contributed by atoms with Gasteiger partial charge in [0.25, 0.3) is 5.91 Å². The van der Waals surface area contributed by atoms with Crippen molar-refractivity contribution in [1.29, 1.82) is 0 Å². The molecule has 0 fully saturated rings. The summed E-state index contributed by atoms with van der Waals surface area (Å²) in [5.74, 6) is -0.261. The van der Waals surface area contributed by atoms with Crippen LogP contribution in [0.4, 0.5) is 5.82 Å². The Morgan fingerprint density at radius 3 is 3.05 bits per heavy atom. The Morgan fingerprint density at radius 1 is 1.55 bits per heavy atom. The molecule has 0 spiro atoms. The number of nitrogens with two attached hydrogens (primary N) is 1. The van der Waals surface area contributed by atoms with Crippen LogP contribution in [0.25, 0.3) is 0 Å². The van der Waals surface area contributed by atoms with E-state index in [1.54, 1.807) is 18.2 Å². The van der Waals surface area contributed by atoms with Gasteiger partial charge in [-0.25, -0.2) is 10.1 Å². The van der Waals surface area contributed by atoms with Gasteiger partial charge in [0.05, 0.1) is 12.8 Å². The first kappa shape index (κ1) is 15.9. The summed E-state index contributed by atoms with van der Waals surface area (Å²) in [5.41, 5.74) is 8.09. The number of carbonyl (C=O) groups is 1. The van der Waals surface area contributed by atoms with E-state index in [9.17, 15) is 4.79 Å². The fourth-order valence-electron chi connectivity index (χ4n) is 1.47. The molecule has 1 aromatic carbocycles. The number of aliphatic hydroxyl groups excluding tert-OH is 1. The summed E-state index contributed by atoms with van der Waals surface area (Å²) in [7, 11) is 0. The number of ether oxygens (including phenoxy) is 1. The van der Waals surface area contributed by atoms with E-state index in [0.29, 0.717) is 11.3 Å². The van der Waals surface area contributed by atoms with Gasteiger partial charge in [0.15, 0.2) is 0 Å². The summed E-state index contributed by atoms with van der Waals surface area (Å²) >= 11 is 3.33. The largest absolute Gasteiger partial charge is 0.491 e. The predicted octanol–water partition coefficient (Wildman–Crippen LogP) is 0.549. The van der Waals surface area contributed by atoms with Crippen LogP contribution in [0.2, 0.25) is 0 Å². The SMILES string of the molecule is Nc1nonc1C(=O)N/N=C\c1cc(Br)ccc1OCCO. The number of aromatic nitrogens is 2. The van der Waals surface area contributed by atoms with Gasteiger partial charge < -0.3 is 15.6 Å². The highest BCUT2D eigenvalue weighted by Gasteiger charge is 2.15. The average molecular weight is 370 g/mol. The molecule has 0 saturated carbocycles. The molecule has 0 aliphatic carbocycles. The van der Waals surface area contributed by atoms with Crippen molar-refractivity contribution in [3.05, 3.63) is 33.9 Å². The highest BCUT2D eigenvalue weighted by molar-refractivity contribution is 9.10. The summed E-state index contributed by atoms with van der Waals surface area (Å²) in [6.07, 6.45) is 1.39. The summed E-state index contributed by atoms with van der Waals surface area (Å²) in [6, 6.07) is 5.24. The fourth-order valence-corrected chi connectivity index (χ4v) is 1.85. The third-order valence-electron chi connectivity index (χ3n) is 2.42. The maximum absolute atomic E-state index is 11.7. The van der Waals surface area contributed by atoms with E-state index in [1.165, 1.54) is 6.21 Å². The molecule has 4 N–H and O–H groups in total. The van der Waals surface area contributed by atoms with Gasteiger partial charge >= 0.3 is 0 Å². The molecule has 22 heavy (non-hydrogen) atoms. The number of hydrogen-bond donors (Lipinski definition) is 3. The number of hydrazone groups is 1. The van der Waals surface area contributed by atoms with Crippen LogP contribution in [0.1, 0.15) is 16.1 Å². The van der Waals surface area contributed by atoms with Crippen molar-refractivity contribution in [2.45, 2.75) is 0 Å². The van der Waals surface area contributed by atoms with Crippen molar-refractivity contribution in [1.82, 2.24) is 15.7 Å². The minimum Gasteiger partial charge on any atom is -0.491 e.